The molecule has 0 spiro atoms. The molecule has 6 nitrogen and oxygen atoms in total. The van der Waals surface area contributed by atoms with E-state index in [9.17, 15) is 9.59 Å². The van der Waals surface area contributed by atoms with Gasteiger partial charge in [0, 0.05) is 11.1 Å². The van der Waals surface area contributed by atoms with E-state index in [0.717, 1.165) is 0 Å². The molecule has 0 saturated carbocycles. The quantitative estimate of drug-likeness (QED) is 0.438. The molecule has 2 fully saturated rings. The molecule has 4 unspecified atom stereocenters. The molecule has 0 amide bonds. The minimum absolute atomic E-state index is 0.0401. The van der Waals surface area contributed by atoms with E-state index < -0.39 is 0 Å². The summed E-state index contributed by atoms with van der Waals surface area (Å²) in [5.74, 6) is -0.669. The van der Waals surface area contributed by atoms with Crippen LogP contribution in [-0.2, 0) is 28.5 Å². The van der Waals surface area contributed by atoms with Gasteiger partial charge in [0.25, 0.3) is 0 Å². The summed E-state index contributed by atoms with van der Waals surface area (Å²) in [5.41, 5.74) is 0.863. The normalized spacial score (nSPS) is 28.4. The van der Waals surface area contributed by atoms with Gasteiger partial charge in [0.2, 0.25) is 0 Å². The van der Waals surface area contributed by atoms with E-state index in [1.165, 1.54) is 0 Å². The lowest BCUT2D eigenvalue weighted by molar-refractivity contribution is -0.189. The van der Waals surface area contributed by atoms with Crippen molar-refractivity contribution in [3.63, 3.8) is 0 Å². The van der Waals surface area contributed by atoms with Crippen molar-refractivity contribution in [2.24, 2.45) is 0 Å². The van der Waals surface area contributed by atoms with Crippen molar-refractivity contribution in [2.45, 2.75) is 52.1 Å². The number of esters is 2. The van der Waals surface area contributed by atoms with Crippen molar-refractivity contribution in [3.8, 4) is 0 Å². The highest BCUT2D eigenvalue weighted by Crippen LogP contribution is 2.21. The zero-order chi connectivity index (χ0) is 16.9. The van der Waals surface area contributed by atoms with Crippen LogP contribution in [0.1, 0.15) is 27.7 Å². The first-order chi connectivity index (χ1) is 10.2. The van der Waals surface area contributed by atoms with Gasteiger partial charge in [-0.15, -0.1) is 0 Å². The maximum absolute atomic E-state index is 10.9. The highest BCUT2D eigenvalue weighted by atomic mass is 16.6. The van der Waals surface area contributed by atoms with Crippen LogP contribution in [0.3, 0.4) is 0 Å². The summed E-state index contributed by atoms with van der Waals surface area (Å²) < 4.78 is 19.9. The molecule has 0 N–H and O–H groups in total. The molecular weight excluding hydrogens is 288 g/mol. The number of rotatable bonds is 5. The van der Waals surface area contributed by atoms with E-state index in [-0.39, 0.29) is 36.4 Å². The summed E-state index contributed by atoms with van der Waals surface area (Å²) in [6.07, 6.45) is 0.323. The fourth-order valence-corrected chi connectivity index (χ4v) is 1.42. The molecule has 0 bridgehead atoms. The molecule has 0 aromatic carbocycles. The fraction of sp³-hybridized carbons (Fsp3) is 0.625. The van der Waals surface area contributed by atoms with Gasteiger partial charge >= 0.3 is 11.9 Å². The van der Waals surface area contributed by atoms with E-state index in [2.05, 4.69) is 13.2 Å². The van der Waals surface area contributed by atoms with E-state index in [0.29, 0.717) is 24.4 Å². The Morgan fingerprint density at radius 2 is 1.64 bits per heavy atom. The van der Waals surface area contributed by atoms with Crippen LogP contribution in [0.25, 0.3) is 0 Å². The lowest BCUT2D eigenvalue weighted by atomic mass is 10.1. The molecule has 0 aromatic rings. The van der Waals surface area contributed by atoms with Gasteiger partial charge in [-0.25, -0.2) is 9.59 Å². The second-order valence-electron chi connectivity index (χ2n) is 5.52. The zero-order valence-electron chi connectivity index (χ0n) is 13.6. The maximum atomic E-state index is 10.9. The third-order valence-electron chi connectivity index (χ3n) is 3.22. The van der Waals surface area contributed by atoms with E-state index in [1.54, 1.807) is 13.8 Å². The molecule has 2 saturated heterocycles. The Hall–Kier alpha value is -1.66. The van der Waals surface area contributed by atoms with Crippen molar-refractivity contribution in [1.29, 1.82) is 0 Å². The fourth-order valence-electron chi connectivity index (χ4n) is 1.42. The molecule has 0 radical (unpaired) electrons. The Kier molecular flexibility index (Phi) is 6.77. The van der Waals surface area contributed by atoms with Crippen LogP contribution in [-0.4, -0.2) is 49.6 Å². The summed E-state index contributed by atoms with van der Waals surface area (Å²) in [7, 11) is 0. The van der Waals surface area contributed by atoms with E-state index >= 15 is 0 Å². The Bertz CT molecular complexity index is 456. The van der Waals surface area contributed by atoms with Gasteiger partial charge in [-0.3, -0.25) is 0 Å². The summed E-state index contributed by atoms with van der Waals surface area (Å²) in [6, 6.07) is 0. The molecule has 6 heteroatoms. The first kappa shape index (κ1) is 18.4. The smallest absolute Gasteiger partial charge is 0.333 e. The predicted octanol–water partition coefficient (Wildman–Crippen LogP) is 1.79. The number of carbonyl (C=O) groups is 2. The largest absolute Gasteiger partial charge is 0.459 e. The van der Waals surface area contributed by atoms with Crippen LogP contribution in [0, 0.1) is 0 Å². The molecule has 2 heterocycles. The minimum Gasteiger partial charge on any atom is -0.459 e. The first-order valence-corrected chi connectivity index (χ1v) is 7.18. The van der Waals surface area contributed by atoms with Crippen LogP contribution in [0.2, 0.25) is 0 Å². The summed E-state index contributed by atoms with van der Waals surface area (Å²) >= 11 is 0. The van der Waals surface area contributed by atoms with Gasteiger partial charge in [0.05, 0.1) is 18.8 Å². The Morgan fingerprint density at radius 1 is 1.09 bits per heavy atom. The molecule has 2 rings (SSSR count). The van der Waals surface area contributed by atoms with Crippen LogP contribution in [0.5, 0.6) is 0 Å². The van der Waals surface area contributed by atoms with Crippen LogP contribution in [0.4, 0.5) is 0 Å². The van der Waals surface area contributed by atoms with E-state index in [4.69, 9.17) is 18.9 Å². The number of ether oxygens (including phenoxy) is 4. The van der Waals surface area contributed by atoms with Gasteiger partial charge in [0.1, 0.15) is 12.7 Å². The van der Waals surface area contributed by atoms with Gasteiger partial charge in [-0.1, -0.05) is 13.2 Å². The minimum atomic E-state index is -0.340. The lowest BCUT2D eigenvalue weighted by Gasteiger charge is -2.33. The first-order valence-electron chi connectivity index (χ1n) is 7.18. The molecule has 22 heavy (non-hydrogen) atoms. The predicted molar refractivity (Wildman–Crippen MR) is 80.2 cm³/mol. The zero-order valence-corrected chi connectivity index (χ0v) is 13.6. The molecule has 124 valence electrons. The van der Waals surface area contributed by atoms with Crippen molar-refractivity contribution >= 4 is 11.9 Å². The monoisotopic (exact) mass is 312 g/mol. The molecule has 2 aliphatic heterocycles. The standard InChI is InChI=1S/2C8H12O3/c1-5(2)8(9)10-4-7-6(3)11-7;1-5(2)8(9)11-7-4-10-6(7)3/h2*6-7H,1,4H2,2-3H3. The SMILES string of the molecule is C=C(C)C(=O)OC1COC1C.C=C(C)C(=O)OCC1OC1C. The van der Waals surface area contributed by atoms with Crippen LogP contribution < -0.4 is 0 Å². The third kappa shape index (κ3) is 5.99. The highest BCUT2D eigenvalue weighted by Gasteiger charge is 2.35. The van der Waals surface area contributed by atoms with Gasteiger partial charge in [-0.05, 0) is 27.7 Å². The Labute approximate surface area is 131 Å². The Morgan fingerprint density at radius 3 is 1.95 bits per heavy atom. The number of carbonyl (C=O) groups excluding carboxylic acids is 2. The molecule has 2 aliphatic rings. The van der Waals surface area contributed by atoms with Crippen LogP contribution in [0.15, 0.2) is 24.3 Å². The van der Waals surface area contributed by atoms with Gasteiger partial charge < -0.3 is 18.9 Å². The lowest BCUT2D eigenvalue weighted by Crippen LogP contribution is -2.45. The van der Waals surface area contributed by atoms with Crippen molar-refractivity contribution < 1.29 is 28.5 Å². The second-order valence-corrected chi connectivity index (χ2v) is 5.52. The molecular formula is C16H24O6. The number of hydrogen-bond acceptors (Lipinski definition) is 6. The average molecular weight is 312 g/mol. The van der Waals surface area contributed by atoms with Crippen molar-refractivity contribution in [2.75, 3.05) is 13.2 Å². The second kappa shape index (κ2) is 8.10. The number of epoxide rings is 1. The van der Waals surface area contributed by atoms with E-state index in [1.807, 2.05) is 13.8 Å². The van der Waals surface area contributed by atoms with Crippen molar-refractivity contribution in [3.05, 3.63) is 24.3 Å². The van der Waals surface area contributed by atoms with Gasteiger partial charge in [-0.2, -0.15) is 0 Å². The summed E-state index contributed by atoms with van der Waals surface area (Å²) in [6.45, 7) is 14.9. The molecule has 4 atom stereocenters. The summed E-state index contributed by atoms with van der Waals surface area (Å²) in [4.78, 5) is 21.7. The number of hydrogen-bond donors (Lipinski definition) is 0. The van der Waals surface area contributed by atoms with Crippen LogP contribution >= 0.6 is 0 Å². The Balaban J connectivity index is 0.000000220. The maximum Gasteiger partial charge on any atom is 0.333 e. The summed E-state index contributed by atoms with van der Waals surface area (Å²) in [5, 5.41) is 0. The average Bonchev–Trinajstić information content (AvgIpc) is 3.16. The van der Waals surface area contributed by atoms with Gasteiger partial charge in [0.15, 0.2) is 6.10 Å². The molecule has 0 aliphatic carbocycles. The third-order valence-corrected chi connectivity index (χ3v) is 3.22. The van der Waals surface area contributed by atoms with Crippen molar-refractivity contribution in [1.82, 2.24) is 0 Å². The topological polar surface area (TPSA) is 74.4 Å². The molecule has 0 aromatic heterocycles. The highest BCUT2D eigenvalue weighted by molar-refractivity contribution is 5.87.